The Labute approximate surface area is 160 Å². The molecular weight excluding hydrogens is 379 g/mol. The number of hydrogen-bond acceptors (Lipinski definition) is 5. The molecule has 1 heterocycles. The van der Waals surface area contributed by atoms with Crippen LogP contribution in [0.1, 0.15) is 22.3 Å². The summed E-state index contributed by atoms with van der Waals surface area (Å²) in [5, 5.41) is 0.772. The van der Waals surface area contributed by atoms with Crippen molar-refractivity contribution in [3.05, 3.63) is 57.6 Å². The second-order valence-electron chi connectivity index (χ2n) is 5.72. The van der Waals surface area contributed by atoms with Gasteiger partial charge >= 0.3 is 5.97 Å². The Morgan fingerprint density at radius 2 is 1.73 bits per heavy atom. The Morgan fingerprint density at radius 1 is 0.962 bits per heavy atom. The monoisotopic (exact) mass is 394 g/mol. The van der Waals surface area contributed by atoms with Gasteiger partial charge in [0, 0.05) is 12.0 Å². The highest BCUT2D eigenvalue weighted by atomic mass is 35.5. The van der Waals surface area contributed by atoms with Gasteiger partial charge in [-0.05, 0) is 35.9 Å². The molecule has 7 heteroatoms. The van der Waals surface area contributed by atoms with Crippen molar-refractivity contribution in [2.75, 3.05) is 19.8 Å². The number of rotatable bonds is 5. The summed E-state index contributed by atoms with van der Waals surface area (Å²) in [6, 6.07) is 9.80. The molecule has 3 rings (SSSR count). The summed E-state index contributed by atoms with van der Waals surface area (Å²) in [5.74, 6) is 0.292. The number of fused-ring (bicyclic) bond motifs is 1. The summed E-state index contributed by atoms with van der Waals surface area (Å²) in [4.78, 5) is 24.2. The fourth-order valence-electron chi connectivity index (χ4n) is 2.43. The van der Waals surface area contributed by atoms with Gasteiger partial charge in [0.25, 0.3) is 0 Å². The summed E-state index contributed by atoms with van der Waals surface area (Å²) >= 11 is 11.8. The Balaban J connectivity index is 1.57. The third-order valence-corrected chi connectivity index (χ3v) is 4.51. The van der Waals surface area contributed by atoms with Crippen LogP contribution in [0.4, 0.5) is 0 Å². The van der Waals surface area contributed by atoms with Gasteiger partial charge in [0.1, 0.15) is 0 Å². The fraction of sp³-hybridized carbons (Fsp3) is 0.263. The number of ether oxygens (including phenoxy) is 3. The van der Waals surface area contributed by atoms with E-state index < -0.39 is 5.97 Å². The molecule has 136 valence electrons. The van der Waals surface area contributed by atoms with Crippen molar-refractivity contribution in [2.24, 2.45) is 0 Å². The van der Waals surface area contributed by atoms with Crippen LogP contribution in [0.3, 0.4) is 0 Å². The van der Waals surface area contributed by atoms with Crippen LogP contribution in [0, 0.1) is 0 Å². The van der Waals surface area contributed by atoms with Crippen molar-refractivity contribution in [3.63, 3.8) is 0 Å². The highest BCUT2D eigenvalue weighted by Crippen LogP contribution is 2.30. The van der Waals surface area contributed by atoms with E-state index in [4.69, 9.17) is 37.4 Å². The van der Waals surface area contributed by atoms with Gasteiger partial charge in [-0.3, -0.25) is 9.59 Å². The van der Waals surface area contributed by atoms with E-state index in [2.05, 4.69) is 0 Å². The fourth-order valence-corrected chi connectivity index (χ4v) is 2.75. The van der Waals surface area contributed by atoms with Gasteiger partial charge in [0.05, 0.1) is 29.7 Å². The normalized spacial score (nSPS) is 13.0. The number of esters is 1. The van der Waals surface area contributed by atoms with Crippen molar-refractivity contribution in [1.29, 1.82) is 0 Å². The minimum atomic E-state index is -0.522. The molecule has 0 amide bonds. The van der Waals surface area contributed by atoms with E-state index in [0.717, 1.165) is 6.42 Å². The molecule has 2 aromatic rings. The first-order chi connectivity index (χ1) is 12.5. The molecule has 0 N–H and O–H groups in total. The maximum atomic E-state index is 12.3. The zero-order chi connectivity index (χ0) is 18.5. The van der Waals surface area contributed by atoms with Crippen LogP contribution >= 0.6 is 23.2 Å². The molecule has 2 aromatic carbocycles. The molecule has 0 fully saturated rings. The number of halogens is 2. The van der Waals surface area contributed by atoms with Crippen LogP contribution in [-0.2, 0) is 16.0 Å². The first-order valence-corrected chi connectivity index (χ1v) is 8.81. The van der Waals surface area contributed by atoms with Crippen LogP contribution in [0.5, 0.6) is 11.5 Å². The highest BCUT2D eigenvalue weighted by Gasteiger charge is 2.16. The molecule has 0 saturated heterocycles. The van der Waals surface area contributed by atoms with Gasteiger partial charge in [-0.15, -0.1) is 0 Å². The predicted octanol–water partition coefficient (Wildman–Crippen LogP) is 4.12. The van der Waals surface area contributed by atoms with E-state index in [-0.39, 0.29) is 18.8 Å². The lowest BCUT2D eigenvalue weighted by atomic mass is 10.1. The molecule has 0 saturated carbocycles. The largest absolute Gasteiger partial charge is 0.490 e. The molecule has 26 heavy (non-hydrogen) atoms. The van der Waals surface area contributed by atoms with E-state index in [9.17, 15) is 9.59 Å². The third-order valence-electron chi connectivity index (χ3n) is 3.77. The summed E-state index contributed by atoms with van der Waals surface area (Å²) in [6.45, 7) is 0.760. The smallest absolute Gasteiger partial charge is 0.310 e. The lowest BCUT2D eigenvalue weighted by molar-refractivity contribution is -0.141. The number of Topliss-reactive ketones (excluding diaryl/α,β-unsaturated/α-hetero) is 1. The molecule has 0 aliphatic carbocycles. The summed E-state index contributed by atoms with van der Waals surface area (Å²) < 4.78 is 16.1. The molecule has 0 radical (unpaired) electrons. The Kier molecular flexibility index (Phi) is 6.01. The predicted molar refractivity (Wildman–Crippen MR) is 97.5 cm³/mol. The van der Waals surface area contributed by atoms with Crippen LogP contribution in [0.25, 0.3) is 0 Å². The summed E-state index contributed by atoms with van der Waals surface area (Å²) in [6.07, 6.45) is 0.787. The topological polar surface area (TPSA) is 61.8 Å². The van der Waals surface area contributed by atoms with E-state index >= 15 is 0 Å². The molecule has 1 aliphatic rings. The van der Waals surface area contributed by atoms with Crippen molar-refractivity contribution < 1.29 is 23.8 Å². The highest BCUT2D eigenvalue weighted by molar-refractivity contribution is 6.42. The zero-order valence-electron chi connectivity index (χ0n) is 13.8. The quantitative estimate of drug-likeness (QED) is 0.563. The van der Waals surface area contributed by atoms with Crippen molar-refractivity contribution in [3.8, 4) is 11.5 Å². The Morgan fingerprint density at radius 3 is 2.50 bits per heavy atom. The third kappa shape index (κ3) is 4.68. The zero-order valence-corrected chi connectivity index (χ0v) is 15.3. The first kappa shape index (κ1) is 18.5. The van der Waals surface area contributed by atoms with Crippen LogP contribution in [0.2, 0.25) is 10.0 Å². The standard InChI is InChI=1S/C19H16Cl2O5/c20-14-4-2-12(8-15(14)21)9-19(23)26-11-16(22)13-3-5-17-18(10-13)25-7-1-6-24-17/h2-5,8,10H,1,6-7,9,11H2. The van der Waals surface area contributed by atoms with Gasteiger partial charge < -0.3 is 14.2 Å². The van der Waals surface area contributed by atoms with Gasteiger partial charge in [-0.1, -0.05) is 29.3 Å². The molecule has 5 nitrogen and oxygen atoms in total. The summed E-state index contributed by atoms with van der Waals surface area (Å²) in [5.41, 5.74) is 1.06. The average molecular weight is 395 g/mol. The second-order valence-corrected chi connectivity index (χ2v) is 6.54. The lowest BCUT2D eigenvalue weighted by Gasteiger charge is -2.09. The Bertz CT molecular complexity index is 835. The first-order valence-electron chi connectivity index (χ1n) is 8.05. The second kappa shape index (κ2) is 8.43. The number of ketones is 1. The molecule has 0 atom stereocenters. The number of hydrogen-bond donors (Lipinski definition) is 0. The number of carbonyl (C=O) groups excluding carboxylic acids is 2. The van der Waals surface area contributed by atoms with Gasteiger partial charge in [-0.2, -0.15) is 0 Å². The molecule has 0 unspecified atom stereocenters. The van der Waals surface area contributed by atoms with Crippen LogP contribution in [0.15, 0.2) is 36.4 Å². The SMILES string of the molecule is O=C(Cc1ccc(Cl)c(Cl)c1)OCC(=O)c1ccc2c(c1)OCCCO2. The molecular formula is C19H16Cl2O5. The van der Waals surface area contributed by atoms with Gasteiger partial charge in [0.15, 0.2) is 23.9 Å². The lowest BCUT2D eigenvalue weighted by Crippen LogP contribution is -2.15. The number of carbonyl (C=O) groups is 2. The number of benzene rings is 2. The van der Waals surface area contributed by atoms with E-state index in [1.807, 2.05) is 0 Å². The van der Waals surface area contributed by atoms with Crippen molar-refractivity contribution in [2.45, 2.75) is 12.8 Å². The summed E-state index contributed by atoms with van der Waals surface area (Å²) in [7, 11) is 0. The van der Waals surface area contributed by atoms with Gasteiger partial charge in [-0.25, -0.2) is 0 Å². The minimum absolute atomic E-state index is 0.00527. The van der Waals surface area contributed by atoms with Crippen LogP contribution < -0.4 is 9.47 Å². The average Bonchev–Trinajstić information content (AvgIpc) is 2.87. The maximum Gasteiger partial charge on any atom is 0.310 e. The minimum Gasteiger partial charge on any atom is -0.490 e. The molecule has 1 aliphatic heterocycles. The maximum absolute atomic E-state index is 12.3. The molecule has 0 aromatic heterocycles. The van der Waals surface area contributed by atoms with E-state index in [0.29, 0.717) is 45.9 Å². The van der Waals surface area contributed by atoms with Crippen molar-refractivity contribution >= 4 is 35.0 Å². The molecule has 0 spiro atoms. The van der Waals surface area contributed by atoms with E-state index in [1.165, 1.54) is 0 Å². The molecule has 0 bridgehead atoms. The van der Waals surface area contributed by atoms with Gasteiger partial charge in [0.2, 0.25) is 0 Å². The van der Waals surface area contributed by atoms with Crippen molar-refractivity contribution in [1.82, 2.24) is 0 Å². The Hall–Kier alpha value is -2.24. The van der Waals surface area contributed by atoms with Crippen LogP contribution in [-0.4, -0.2) is 31.6 Å². The van der Waals surface area contributed by atoms with E-state index in [1.54, 1.807) is 36.4 Å².